The van der Waals surface area contributed by atoms with Crippen LogP contribution >= 0.6 is 0 Å². The van der Waals surface area contributed by atoms with Crippen LogP contribution in [0.15, 0.2) is 60.7 Å². The van der Waals surface area contributed by atoms with Crippen LogP contribution < -0.4 is 10.6 Å². The quantitative estimate of drug-likeness (QED) is 0.804. The van der Waals surface area contributed by atoms with E-state index in [1.54, 1.807) is 4.90 Å². The zero-order valence-corrected chi connectivity index (χ0v) is 16.8. The molecule has 2 aliphatic rings. The molecule has 0 radical (unpaired) electrons. The number of likely N-dealkylation sites (tertiary alicyclic amines) is 1. The van der Waals surface area contributed by atoms with E-state index in [2.05, 4.69) is 34.9 Å². The molecule has 2 aromatic carbocycles. The summed E-state index contributed by atoms with van der Waals surface area (Å²) < 4.78 is 0. The molecule has 1 aliphatic heterocycles. The second-order valence-electron chi connectivity index (χ2n) is 8.30. The molecule has 0 spiro atoms. The fourth-order valence-corrected chi connectivity index (χ4v) is 4.46. The highest BCUT2D eigenvalue weighted by molar-refractivity contribution is 5.90. The number of nitrogens with one attached hydrogen (secondary N) is 2. The fourth-order valence-electron chi connectivity index (χ4n) is 4.46. The van der Waals surface area contributed by atoms with E-state index in [1.165, 1.54) is 12.0 Å². The number of hydrogen-bond acceptors (Lipinski definition) is 2. The van der Waals surface area contributed by atoms with Crippen LogP contribution in [0.4, 0.5) is 10.5 Å². The van der Waals surface area contributed by atoms with Crippen LogP contribution in [0.2, 0.25) is 0 Å². The van der Waals surface area contributed by atoms with Gasteiger partial charge < -0.3 is 15.5 Å². The highest BCUT2D eigenvalue weighted by Crippen LogP contribution is 2.43. The Morgan fingerprint density at radius 3 is 2.31 bits per heavy atom. The molecule has 5 heteroatoms. The van der Waals surface area contributed by atoms with Crippen LogP contribution in [-0.4, -0.2) is 36.5 Å². The van der Waals surface area contributed by atoms with Gasteiger partial charge in [-0.15, -0.1) is 0 Å². The summed E-state index contributed by atoms with van der Waals surface area (Å²) in [6.45, 7) is 1.85. The summed E-state index contributed by atoms with van der Waals surface area (Å²) in [7, 11) is 0. The standard InChI is InChI=1S/C24H29N3O2/c28-22(25-18-24(14-8-15-24)20-10-3-1-4-11-20)19-9-7-16-27(17-19)23(29)26-21-12-5-2-6-13-21/h1-6,10-13,19H,7-9,14-18H2,(H,25,28)(H,26,29)/t19-/m0/s1. The van der Waals surface area contributed by atoms with Crippen LogP contribution in [-0.2, 0) is 10.2 Å². The van der Waals surface area contributed by atoms with Gasteiger partial charge in [-0.2, -0.15) is 0 Å². The second kappa shape index (κ2) is 8.68. The lowest BCUT2D eigenvalue weighted by Crippen LogP contribution is -2.50. The Bertz CT molecular complexity index is 834. The van der Waals surface area contributed by atoms with Gasteiger partial charge in [0.1, 0.15) is 0 Å². The summed E-state index contributed by atoms with van der Waals surface area (Å²) in [5.74, 6) is -0.0670. The van der Waals surface area contributed by atoms with Crippen molar-refractivity contribution in [3.8, 4) is 0 Å². The minimum Gasteiger partial charge on any atom is -0.355 e. The van der Waals surface area contributed by atoms with Crippen molar-refractivity contribution in [3.63, 3.8) is 0 Å². The van der Waals surface area contributed by atoms with Crippen molar-refractivity contribution >= 4 is 17.6 Å². The van der Waals surface area contributed by atoms with Crippen LogP contribution in [0.25, 0.3) is 0 Å². The summed E-state index contributed by atoms with van der Waals surface area (Å²) in [4.78, 5) is 27.2. The SMILES string of the molecule is O=C(NCC1(c2ccccc2)CCC1)[C@H]1CCCN(C(=O)Nc2ccccc2)C1. The predicted molar refractivity (Wildman–Crippen MR) is 115 cm³/mol. The van der Waals surface area contributed by atoms with E-state index in [1.807, 2.05) is 36.4 Å². The molecule has 5 nitrogen and oxygen atoms in total. The zero-order valence-electron chi connectivity index (χ0n) is 16.8. The maximum Gasteiger partial charge on any atom is 0.321 e. The number of piperidine rings is 1. The molecule has 1 atom stereocenters. The average Bonchev–Trinajstić information content (AvgIpc) is 2.74. The van der Waals surface area contributed by atoms with Crippen molar-refractivity contribution in [3.05, 3.63) is 66.2 Å². The number of hydrogen-bond donors (Lipinski definition) is 2. The van der Waals surface area contributed by atoms with Crippen molar-refractivity contribution in [1.29, 1.82) is 0 Å². The average molecular weight is 392 g/mol. The molecule has 2 N–H and O–H groups in total. The van der Waals surface area contributed by atoms with E-state index in [0.29, 0.717) is 19.6 Å². The van der Waals surface area contributed by atoms with Crippen molar-refractivity contribution < 1.29 is 9.59 Å². The fraction of sp³-hybridized carbons (Fsp3) is 0.417. The Balaban J connectivity index is 1.32. The Morgan fingerprint density at radius 2 is 1.66 bits per heavy atom. The van der Waals surface area contributed by atoms with Gasteiger partial charge in [-0.05, 0) is 43.4 Å². The smallest absolute Gasteiger partial charge is 0.321 e. The Kier molecular flexibility index (Phi) is 5.84. The molecule has 1 heterocycles. The van der Waals surface area contributed by atoms with Crippen molar-refractivity contribution in [2.24, 2.45) is 5.92 Å². The van der Waals surface area contributed by atoms with E-state index in [4.69, 9.17) is 0 Å². The minimum absolute atomic E-state index is 0.0735. The molecule has 1 saturated carbocycles. The summed E-state index contributed by atoms with van der Waals surface area (Å²) in [6, 6.07) is 19.8. The molecule has 0 bridgehead atoms. The number of carbonyl (C=O) groups excluding carboxylic acids is 2. The molecule has 4 rings (SSSR count). The minimum atomic E-state index is -0.141. The van der Waals surface area contributed by atoms with Gasteiger partial charge in [-0.3, -0.25) is 4.79 Å². The molecule has 2 aromatic rings. The molecular weight excluding hydrogens is 362 g/mol. The maximum absolute atomic E-state index is 12.9. The highest BCUT2D eigenvalue weighted by atomic mass is 16.2. The van der Waals surface area contributed by atoms with Crippen molar-refractivity contribution in [1.82, 2.24) is 10.2 Å². The van der Waals surface area contributed by atoms with E-state index < -0.39 is 0 Å². The van der Waals surface area contributed by atoms with Gasteiger partial charge >= 0.3 is 6.03 Å². The summed E-state index contributed by atoms with van der Waals surface area (Å²) in [5.41, 5.74) is 2.17. The molecule has 0 aromatic heterocycles. The Morgan fingerprint density at radius 1 is 0.966 bits per heavy atom. The molecule has 1 aliphatic carbocycles. The predicted octanol–water partition coefficient (Wildman–Crippen LogP) is 4.17. The third-order valence-electron chi connectivity index (χ3n) is 6.40. The van der Waals surface area contributed by atoms with Crippen LogP contribution in [0.5, 0.6) is 0 Å². The second-order valence-corrected chi connectivity index (χ2v) is 8.30. The molecular formula is C24H29N3O2. The zero-order chi connectivity index (χ0) is 20.1. The number of urea groups is 1. The topological polar surface area (TPSA) is 61.4 Å². The molecule has 2 fully saturated rings. The van der Waals surface area contributed by atoms with E-state index in [-0.39, 0.29) is 23.3 Å². The first-order valence-electron chi connectivity index (χ1n) is 10.6. The molecule has 152 valence electrons. The molecule has 3 amide bonds. The summed E-state index contributed by atoms with van der Waals surface area (Å²) in [6.07, 6.45) is 5.13. The number of carbonyl (C=O) groups is 2. The number of nitrogens with zero attached hydrogens (tertiary/aromatic N) is 1. The first-order chi connectivity index (χ1) is 14.2. The summed E-state index contributed by atoms with van der Waals surface area (Å²) >= 11 is 0. The molecule has 29 heavy (non-hydrogen) atoms. The van der Waals surface area contributed by atoms with Crippen molar-refractivity contribution in [2.75, 3.05) is 25.0 Å². The normalized spacial score (nSPS) is 20.4. The number of amides is 3. The van der Waals surface area contributed by atoms with Gasteiger partial charge in [0.15, 0.2) is 0 Å². The van der Waals surface area contributed by atoms with Gasteiger partial charge in [-0.25, -0.2) is 4.79 Å². The number of para-hydroxylation sites is 1. The molecule has 1 saturated heterocycles. The van der Waals surface area contributed by atoms with Gasteiger partial charge in [0, 0.05) is 30.7 Å². The first kappa shape index (κ1) is 19.5. The van der Waals surface area contributed by atoms with Crippen molar-refractivity contribution in [2.45, 2.75) is 37.5 Å². The van der Waals surface area contributed by atoms with Crippen LogP contribution in [0.3, 0.4) is 0 Å². The lowest BCUT2D eigenvalue weighted by molar-refractivity contribution is -0.126. The van der Waals surface area contributed by atoms with E-state index in [9.17, 15) is 9.59 Å². The maximum atomic E-state index is 12.9. The van der Waals surface area contributed by atoms with Gasteiger partial charge in [-0.1, -0.05) is 55.0 Å². The van der Waals surface area contributed by atoms with Gasteiger partial charge in [0.2, 0.25) is 5.91 Å². The lowest BCUT2D eigenvalue weighted by atomic mass is 9.64. The number of anilines is 1. The monoisotopic (exact) mass is 391 g/mol. The van der Waals surface area contributed by atoms with Crippen LogP contribution in [0.1, 0.15) is 37.7 Å². The van der Waals surface area contributed by atoms with Gasteiger partial charge in [0.05, 0.1) is 5.92 Å². The largest absolute Gasteiger partial charge is 0.355 e. The van der Waals surface area contributed by atoms with E-state index >= 15 is 0 Å². The number of benzene rings is 2. The third-order valence-corrected chi connectivity index (χ3v) is 6.40. The lowest BCUT2D eigenvalue weighted by Gasteiger charge is -2.43. The molecule has 0 unspecified atom stereocenters. The van der Waals surface area contributed by atoms with E-state index in [0.717, 1.165) is 31.4 Å². The van der Waals surface area contributed by atoms with Gasteiger partial charge in [0.25, 0.3) is 0 Å². The Hall–Kier alpha value is -2.82. The highest BCUT2D eigenvalue weighted by Gasteiger charge is 2.39. The summed E-state index contributed by atoms with van der Waals surface area (Å²) in [5, 5.41) is 6.13. The first-order valence-corrected chi connectivity index (χ1v) is 10.6. The van der Waals surface area contributed by atoms with Crippen LogP contribution in [0, 0.1) is 5.92 Å². The number of rotatable bonds is 5. The third kappa shape index (κ3) is 4.44. The Labute approximate surface area is 172 Å².